The molecular weight excluding hydrogens is 162 g/mol. The number of nitrogens with one attached hydrogen (secondary N) is 1. The molecule has 78 valence electrons. The standard InChI is InChI=1S/C11H23NO/c1-3-10-6-4-5-7-11(10)12-8-9(2)13/h9-13H,3-8H2,1-2H3/t9-,10+,11-/m1/s1. The molecule has 1 fully saturated rings. The summed E-state index contributed by atoms with van der Waals surface area (Å²) in [6.45, 7) is 4.87. The second-order valence-electron chi connectivity index (χ2n) is 4.32. The fraction of sp³-hybridized carbons (Fsp3) is 1.00. The van der Waals surface area contributed by atoms with E-state index < -0.39 is 0 Å². The summed E-state index contributed by atoms with van der Waals surface area (Å²) in [6, 6.07) is 0.661. The Bertz CT molecular complexity index is 136. The molecule has 1 aliphatic rings. The second kappa shape index (κ2) is 5.61. The van der Waals surface area contributed by atoms with Crippen LogP contribution in [0.15, 0.2) is 0 Å². The Kier molecular flexibility index (Phi) is 4.74. The molecule has 0 aromatic carbocycles. The van der Waals surface area contributed by atoms with Gasteiger partial charge >= 0.3 is 0 Å². The largest absolute Gasteiger partial charge is 0.392 e. The lowest BCUT2D eigenvalue weighted by molar-refractivity contribution is 0.167. The predicted octanol–water partition coefficient (Wildman–Crippen LogP) is 1.93. The van der Waals surface area contributed by atoms with Gasteiger partial charge in [-0.1, -0.05) is 26.2 Å². The molecule has 0 aliphatic heterocycles. The molecule has 0 bridgehead atoms. The highest BCUT2D eigenvalue weighted by Crippen LogP contribution is 2.26. The van der Waals surface area contributed by atoms with Crippen LogP contribution in [0.1, 0.15) is 46.0 Å². The molecule has 0 unspecified atom stereocenters. The monoisotopic (exact) mass is 185 g/mol. The highest BCUT2D eigenvalue weighted by Gasteiger charge is 2.22. The third-order valence-corrected chi connectivity index (χ3v) is 3.11. The minimum atomic E-state index is -0.209. The SMILES string of the molecule is CC[C@H]1CCCC[C@H]1NC[C@@H](C)O. The Labute approximate surface area is 81.7 Å². The Morgan fingerprint density at radius 1 is 1.38 bits per heavy atom. The molecule has 2 heteroatoms. The van der Waals surface area contributed by atoms with Gasteiger partial charge in [0.25, 0.3) is 0 Å². The Morgan fingerprint density at radius 3 is 2.69 bits per heavy atom. The number of hydrogen-bond acceptors (Lipinski definition) is 2. The van der Waals surface area contributed by atoms with Gasteiger partial charge in [0.05, 0.1) is 6.10 Å². The van der Waals surface area contributed by atoms with Crippen molar-refractivity contribution >= 4 is 0 Å². The molecule has 0 amide bonds. The van der Waals surface area contributed by atoms with Crippen LogP contribution in [0.4, 0.5) is 0 Å². The summed E-state index contributed by atoms with van der Waals surface area (Å²) in [4.78, 5) is 0. The Balaban J connectivity index is 2.27. The van der Waals surface area contributed by atoms with Crippen molar-refractivity contribution in [2.45, 2.75) is 58.1 Å². The molecule has 0 aromatic heterocycles. The number of aliphatic hydroxyl groups is 1. The van der Waals surface area contributed by atoms with Crippen molar-refractivity contribution in [2.75, 3.05) is 6.54 Å². The van der Waals surface area contributed by atoms with Crippen LogP contribution in [0, 0.1) is 5.92 Å². The minimum Gasteiger partial charge on any atom is -0.392 e. The van der Waals surface area contributed by atoms with E-state index in [1.54, 1.807) is 0 Å². The van der Waals surface area contributed by atoms with Crippen LogP contribution in [-0.2, 0) is 0 Å². The molecule has 2 nitrogen and oxygen atoms in total. The predicted molar refractivity (Wildman–Crippen MR) is 55.7 cm³/mol. The van der Waals surface area contributed by atoms with E-state index in [0.29, 0.717) is 6.04 Å². The summed E-state index contributed by atoms with van der Waals surface area (Å²) < 4.78 is 0. The zero-order valence-electron chi connectivity index (χ0n) is 8.92. The van der Waals surface area contributed by atoms with Crippen molar-refractivity contribution in [3.8, 4) is 0 Å². The van der Waals surface area contributed by atoms with Gasteiger partial charge in [0, 0.05) is 12.6 Å². The molecule has 2 N–H and O–H groups in total. The van der Waals surface area contributed by atoms with Gasteiger partial charge in [0.2, 0.25) is 0 Å². The third-order valence-electron chi connectivity index (χ3n) is 3.11. The summed E-state index contributed by atoms with van der Waals surface area (Å²) in [5.41, 5.74) is 0. The summed E-state index contributed by atoms with van der Waals surface area (Å²) in [6.07, 6.45) is 6.48. The van der Waals surface area contributed by atoms with Crippen molar-refractivity contribution in [3.05, 3.63) is 0 Å². The maximum Gasteiger partial charge on any atom is 0.0636 e. The van der Waals surface area contributed by atoms with Crippen LogP contribution in [0.5, 0.6) is 0 Å². The molecule has 0 radical (unpaired) electrons. The molecule has 0 heterocycles. The van der Waals surface area contributed by atoms with E-state index in [4.69, 9.17) is 0 Å². The Hall–Kier alpha value is -0.0800. The molecule has 3 atom stereocenters. The van der Waals surface area contributed by atoms with Gasteiger partial charge < -0.3 is 10.4 Å². The summed E-state index contributed by atoms with van der Waals surface area (Å²) in [5.74, 6) is 0.840. The van der Waals surface area contributed by atoms with Crippen LogP contribution in [-0.4, -0.2) is 23.8 Å². The van der Waals surface area contributed by atoms with Gasteiger partial charge in [-0.05, 0) is 25.7 Å². The summed E-state index contributed by atoms with van der Waals surface area (Å²) in [5, 5.41) is 12.7. The van der Waals surface area contributed by atoms with E-state index in [-0.39, 0.29) is 6.10 Å². The van der Waals surface area contributed by atoms with E-state index >= 15 is 0 Å². The fourth-order valence-electron chi connectivity index (χ4n) is 2.29. The highest BCUT2D eigenvalue weighted by molar-refractivity contribution is 4.80. The van der Waals surface area contributed by atoms with E-state index in [9.17, 15) is 5.11 Å². The number of hydrogen-bond donors (Lipinski definition) is 2. The maximum absolute atomic E-state index is 9.18. The molecule has 0 spiro atoms. The summed E-state index contributed by atoms with van der Waals surface area (Å²) in [7, 11) is 0. The molecule has 1 saturated carbocycles. The van der Waals surface area contributed by atoms with E-state index in [1.807, 2.05) is 6.92 Å². The normalized spacial score (nSPS) is 31.6. The minimum absolute atomic E-state index is 0.209. The second-order valence-corrected chi connectivity index (χ2v) is 4.32. The summed E-state index contributed by atoms with van der Waals surface area (Å²) >= 11 is 0. The van der Waals surface area contributed by atoms with Crippen LogP contribution < -0.4 is 5.32 Å². The third kappa shape index (κ3) is 3.65. The molecule has 1 rings (SSSR count). The first-order chi connectivity index (χ1) is 6.24. The quantitative estimate of drug-likeness (QED) is 0.701. The molecule has 1 aliphatic carbocycles. The smallest absolute Gasteiger partial charge is 0.0636 e. The van der Waals surface area contributed by atoms with Crippen LogP contribution in [0.2, 0.25) is 0 Å². The van der Waals surface area contributed by atoms with Crippen LogP contribution in [0.25, 0.3) is 0 Å². The lowest BCUT2D eigenvalue weighted by Gasteiger charge is -2.32. The average molecular weight is 185 g/mol. The van der Waals surface area contributed by atoms with E-state index in [1.165, 1.54) is 32.1 Å². The highest BCUT2D eigenvalue weighted by atomic mass is 16.3. The molecular formula is C11H23NO. The lowest BCUT2D eigenvalue weighted by atomic mass is 9.83. The van der Waals surface area contributed by atoms with E-state index in [0.717, 1.165) is 12.5 Å². The first kappa shape index (κ1) is 11.0. The van der Waals surface area contributed by atoms with Gasteiger partial charge in [-0.25, -0.2) is 0 Å². The topological polar surface area (TPSA) is 32.3 Å². The van der Waals surface area contributed by atoms with Gasteiger partial charge in [0.1, 0.15) is 0 Å². The first-order valence-corrected chi connectivity index (χ1v) is 5.65. The first-order valence-electron chi connectivity index (χ1n) is 5.65. The molecule has 0 aromatic rings. The van der Waals surface area contributed by atoms with Crippen molar-refractivity contribution in [2.24, 2.45) is 5.92 Å². The number of rotatable bonds is 4. The van der Waals surface area contributed by atoms with Crippen molar-refractivity contribution < 1.29 is 5.11 Å². The van der Waals surface area contributed by atoms with Crippen molar-refractivity contribution in [1.29, 1.82) is 0 Å². The van der Waals surface area contributed by atoms with Crippen molar-refractivity contribution in [3.63, 3.8) is 0 Å². The van der Waals surface area contributed by atoms with Crippen LogP contribution in [0.3, 0.4) is 0 Å². The van der Waals surface area contributed by atoms with Gasteiger partial charge in [0.15, 0.2) is 0 Å². The van der Waals surface area contributed by atoms with Gasteiger partial charge in [-0.15, -0.1) is 0 Å². The van der Waals surface area contributed by atoms with Gasteiger partial charge in [-0.3, -0.25) is 0 Å². The zero-order valence-corrected chi connectivity index (χ0v) is 8.92. The zero-order chi connectivity index (χ0) is 9.68. The van der Waals surface area contributed by atoms with E-state index in [2.05, 4.69) is 12.2 Å². The number of aliphatic hydroxyl groups excluding tert-OH is 1. The average Bonchev–Trinajstić information content (AvgIpc) is 2.15. The fourth-order valence-corrected chi connectivity index (χ4v) is 2.29. The van der Waals surface area contributed by atoms with Crippen molar-refractivity contribution in [1.82, 2.24) is 5.32 Å². The molecule has 0 saturated heterocycles. The maximum atomic E-state index is 9.18. The molecule has 13 heavy (non-hydrogen) atoms. The Morgan fingerprint density at radius 2 is 2.08 bits per heavy atom. The van der Waals surface area contributed by atoms with Gasteiger partial charge in [-0.2, -0.15) is 0 Å². The van der Waals surface area contributed by atoms with Crippen LogP contribution >= 0.6 is 0 Å². The lowest BCUT2D eigenvalue weighted by Crippen LogP contribution is -2.41.